The molecule has 3 heterocycles. The van der Waals surface area contributed by atoms with Gasteiger partial charge in [0.05, 0.1) is 18.6 Å². The third-order valence-electron chi connectivity index (χ3n) is 4.57. The summed E-state index contributed by atoms with van der Waals surface area (Å²) in [6.45, 7) is 1.79. The molecule has 2 unspecified atom stereocenters. The Labute approximate surface area is 131 Å². The second-order valence-electron chi connectivity index (χ2n) is 6.12. The van der Waals surface area contributed by atoms with Gasteiger partial charge in [0.15, 0.2) is 0 Å². The fourth-order valence-electron chi connectivity index (χ4n) is 3.48. The van der Waals surface area contributed by atoms with E-state index in [0.717, 1.165) is 19.3 Å². The Morgan fingerprint density at radius 3 is 2.68 bits per heavy atom. The predicted molar refractivity (Wildman–Crippen MR) is 81.6 cm³/mol. The van der Waals surface area contributed by atoms with Gasteiger partial charge in [-0.05, 0) is 25.7 Å². The van der Waals surface area contributed by atoms with Crippen molar-refractivity contribution in [3.63, 3.8) is 0 Å². The zero-order valence-electron chi connectivity index (χ0n) is 12.8. The zero-order chi connectivity index (χ0) is 15.7. The van der Waals surface area contributed by atoms with Crippen molar-refractivity contribution in [2.24, 2.45) is 0 Å². The molecule has 2 atom stereocenters. The third-order valence-corrected chi connectivity index (χ3v) is 5.86. The molecule has 0 saturated carbocycles. The molecule has 0 aromatic carbocycles. The number of likely N-dealkylation sites (tertiary alicyclic amines) is 1. The zero-order valence-corrected chi connectivity index (χ0v) is 13.6. The summed E-state index contributed by atoms with van der Waals surface area (Å²) >= 11 is 0. The number of carbonyl (C=O) groups excluding carboxylic acids is 1. The molecule has 1 amide bonds. The van der Waals surface area contributed by atoms with Crippen molar-refractivity contribution in [3.05, 3.63) is 18.7 Å². The lowest BCUT2D eigenvalue weighted by atomic mass is 10.0. The van der Waals surface area contributed by atoms with Crippen molar-refractivity contribution >= 4 is 15.9 Å². The fraction of sp³-hybridized carbons (Fsp3) is 0.714. The molecule has 1 aromatic rings. The highest BCUT2D eigenvalue weighted by Crippen LogP contribution is 2.26. The van der Waals surface area contributed by atoms with Gasteiger partial charge in [-0.2, -0.15) is 4.31 Å². The fourth-order valence-corrected chi connectivity index (χ4v) is 4.60. The van der Waals surface area contributed by atoms with E-state index >= 15 is 0 Å². The van der Waals surface area contributed by atoms with Crippen LogP contribution >= 0.6 is 0 Å². The van der Waals surface area contributed by atoms with E-state index in [4.69, 9.17) is 0 Å². The first-order valence-electron chi connectivity index (χ1n) is 7.70. The summed E-state index contributed by atoms with van der Waals surface area (Å²) in [5.74, 6) is -0.0484. The largest absolute Gasteiger partial charge is 0.339 e. The van der Waals surface area contributed by atoms with E-state index in [1.165, 1.54) is 10.6 Å². The highest BCUT2D eigenvalue weighted by molar-refractivity contribution is 7.88. The van der Waals surface area contributed by atoms with Crippen LogP contribution in [0.3, 0.4) is 0 Å². The Bertz CT molecular complexity index is 629. The molecule has 7 nitrogen and oxygen atoms in total. The molecule has 0 bridgehead atoms. The quantitative estimate of drug-likeness (QED) is 0.809. The second-order valence-corrected chi connectivity index (χ2v) is 8.06. The van der Waals surface area contributed by atoms with E-state index in [-0.39, 0.29) is 11.9 Å². The molecule has 0 radical (unpaired) electrons. The van der Waals surface area contributed by atoms with Crippen LogP contribution in [0.5, 0.6) is 0 Å². The first-order chi connectivity index (χ1) is 10.5. The lowest BCUT2D eigenvalue weighted by Crippen LogP contribution is -2.50. The maximum Gasteiger partial charge on any atom is 0.241 e. The van der Waals surface area contributed by atoms with Crippen molar-refractivity contribution < 1.29 is 13.2 Å². The van der Waals surface area contributed by atoms with E-state index in [1.807, 2.05) is 15.7 Å². The Morgan fingerprint density at radius 1 is 1.23 bits per heavy atom. The van der Waals surface area contributed by atoms with Crippen LogP contribution in [-0.2, 0) is 14.8 Å². The third kappa shape index (κ3) is 3.03. The van der Waals surface area contributed by atoms with Gasteiger partial charge in [0.25, 0.3) is 0 Å². The summed E-state index contributed by atoms with van der Waals surface area (Å²) in [7, 11) is -3.32. The number of sulfonamides is 1. The van der Waals surface area contributed by atoms with Crippen molar-refractivity contribution in [2.75, 3.05) is 25.9 Å². The average Bonchev–Trinajstić information content (AvgIpc) is 3.17. The smallest absolute Gasteiger partial charge is 0.241 e. The number of piperidine rings is 1. The van der Waals surface area contributed by atoms with Gasteiger partial charge in [0, 0.05) is 32.0 Å². The minimum Gasteiger partial charge on any atom is -0.339 e. The van der Waals surface area contributed by atoms with Crippen LogP contribution in [0, 0.1) is 0 Å². The minimum atomic E-state index is -3.32. The van der Waals surface area contributed by atoms with Crippen LogP contribution in [0.25, 0.3) is 0 Å². The number of amides is 1. The standard InChI is InChI=1S/C14H22N4O3S/c1-22(20,21)18-8-3-5-13(18)14(19)16-7-2-4-12(10-16)17-9-6-15-11-17/h6,9,11-13H,2-5,7-8,10H2,1H3. The number of nitrogens with zero attached hydrogens (tertiary/aromatic N) is 4. The summed E-state index contributed by atoms with van der Waals surface area (Å²) in [5.41, 5.74) is 0. The molecule has 3 rings (SSSR count). The number of aromatic nitrogens is 2. The molecule has 2 aliphatic heterocycles. The van der Waals surface area contributed by atoms with Crippen molar-refractivity contribution in [1.82, 2.24) is 18.8 Å². The molecule has 2 saturated heterocycles. The monoisotopic (exact) mass is 326 g/mol. The van der Waals surface area contributed by atoms with E-state index in [1.54, 1.807) is 12.5 Å². The topological polar surface area (TPSA) is 75.5 Å². The van der Waals surface area contributed by atoms with Crippen LogP contribution < -0.4 is 0 Å². The van der Waals surface area contributed by atoms with Gasteiger partial charge in [-0.3, -0.25) is 4.79 Å². The number of imidazole rings is 1. The number of carbonyl (C=O) groups is 1. The lowest BCUT2D eigenvalue weighted by molar-refractivity contribution is -0.136. The van der Waals surface area contributed by atoms with Crippen LogP contribution in [0.4, 0.5) is 0 Å². The first-order valence-corrected chi connectivity index (χ1v) is 9.54. The minimum absolute atomic E-state index is 0.0484. The highest BCUT2D eigenvalue weighted by atomic mass is 32.2. The molecular weight excluding hydrogens is 304 g/mol. The summed E-state index contributed by atoms with van der Waals surface area (Å²) in [6.07, 6.45) is 9.93. The van der Waals surface area contributed by atoms with Crippen LogP contribution in [0.2, 0.25) is 0 Å². The molecular formula is C14H22N4O3S. The normalized spacial score (nSPS) is 27.2. The van der Waals surface area contributed by atoms with Gasteiger partial charge < -0.3 is 9.47 Å². The summed E-state index contributed by atoms with van der Waals surface area (Å²) in [6, 6.07) is -0.287. The van der Waals surface area contributed by atoms with E-state index < -0.39 is 16.1 Å². The molecule has 8 heteroatoms. The molecule has 22 heavy (non-hydrogen) atoms. The summed E-state index contributed by atoms with van der Waals surface area (Å²) in [5, 5.41) is 0. The van der Waals surface area contributed by atoms with E-state index in [9.17, 15) is 13.2 Å². The van der Waals surface area contributed by atoms with Crippen molar-refractivity contribution in [1.29, 1.82) is 0 Å². The Hall–Kier alpha value is -1.41. The molecule has 122 valence electrons. The summed E-state index contributed by atoms with van der Waals surface area (Å²) in [4.78, 5) is 18.7. The molecule has 0 aliphatic carbocycles. The Morgan fingerprint density at radius 2 is 2.00 bits per heavy atom. The second kappa shape index (κ2) is 6.00. The first kappa shape index (κ1) is 15.5. The number of hydrogen-bond acceptors (Lipinski definition) is 4. The van der Waals surface area contributed by atoms with E-state index in [0.29, 0.717) is 26.1 Å². The van der Waals surface area contributed by atoms with Crippen LogP contribution in [-0.4, -0.2) is 65.0 Å². The van der Waals surface area contributed by atoms with Crippen LogP contribution in [0.15, 0.2) is 18.7 Å². The predicted octanol–water partition coefficient (Wildman–Crippen LogP) is 0.471. The highest BCUT2D eigenvalue weighted by Gasteiger charge is 2.39. The van der Waals surface area contributed by atoms with Gasteiger partial charge in [-0.1, -0.05) is 0 Å². The Balaban J connectivity index is 1.72. The van der Waals surface area contributed by atoms with Gasteiger partial charge >= 0.3 is 0 Å². The Kier molecular flexibility index (Phi) is 4.22. The molecule has 0 N–H and O–H groups in total. The number of hydrogen-bond donors (Lipinski definition) is 0. The van der Waals surface area contributed by atoms with Crippen LogP contribution in [0.1, 0.15) is 31.7 Å². The molecule has 0 spiro atoms. The number of rotatable bonds is 3. The summed E-state index contributed by atoms with van der Waals surface area (Å²) < 4.78 is 27.0. The van der Waals surface area contributed by atoms with Gasteiger partial charge in [0.1, 0.15) is 6.04 Å². The van der Waals surface area contributed by atoms with Gasteiger partial charge in [-0.25, -0.2) is 13.4 Å². The van der Waals surface area contributed by atoms with Gasteiger partial charge in [-0.15, -0.1) is 0 Å². The maximum absolute atomic E-state index is 12.8. The van der Waals surface area contributed by atoms with E-state index in [2.05, 4.69) is 4.98 Å². The van der Waals surface area contributed by atoms with Crippen molar-refractivity contribution in [2.45, 2.75) is 37.8 Å². The molecule has 2 aliphatic rings. The SMILES string of the molecule is CS(=O)(=O)N1CCCC1C(=O)N1CCCC(n2ccnc2)C1. The molecule has 2 fully saturated rings. The van der Waals surface area contributed by atoms with Gasteiger partial charge in [0.2, 0.25) is 15.9 Å². The lowest BCUT2D eigenvalue weighted by Gasteiger charge is -2.36. The van der Waals surface area contributed by atoms with Crippen molar-refractivity contribution in [3.8, 4) is 0 Å². The maximum atomic E-state index is 12.8. The molecule has 1 aromatic heterocycles. The average molecular weight is 326 g/mol.